The first-order valence-corrected chi connectivity index (χ1v) is 8.88. The summed E-state index contributed by atoms with van der Waals surface area (Å²) >= 11 is 0. The molecule has 0 aliphatic carbocycles. The third-order valence-electron chi connectivity index (χ3n) is 3.58. The highest BCUT2D eigenvalue weighted by molar-refractivity contribution is 14.0. The van der Waals surface area contributed by atoms with Crippen LogP contribution in [0, 0.1) is 6.92 Å². The number of halogens is 1. The van der Waals surface area contributed by atoms with Crippen molar-refractivity contribution in [1.29, 1.82) is 0 Å². The van der Waals surface area contributed by atoms with E-state index in [9.17, 15) is 4.79 Å². The zero-order chi connectivity index (χ0) is 18.7. The number of nitrogens with zero attached hydrogens (tertiary/aromatic N) is 2. The molecule has 0 saturated carbocycles. The highest BCUT2D eigenvalue weighted by Crippen LogP contribution is 2.13. The van der Waals surface area contributed by atoms with Gasteiger partial charge in [-0.2, -0.15) is 0 Å². The number of carbonyl (C=O) groups is 1. The van der Waals surface area contributed by atoms with Gasteiger partial charge in [0, 0.05) is 20.6 Å². The number of hydrogen-bond donors (Lipinski definition) is 2. The Labute approximate surface area is 174 Å². The van der Waals surface area contributed by atoms with Crippen LogP contribution in [0.1, 0.15) is 32.3 Å². The summed E-state index contributed by atoms with van der Waals surface area (Å²) in [6.45, 7) is 7.73. The van der Waals surface area contributed by atoms with E-state index < -0.39 is 0 Å². The van der Waals surface area contributed by atoms with Crippen molar-refractivity contribution in [2.45, 2.75) is 39.7 Å². The lowest BCUT2D eigenvalue weighted by Crippen LogP contribution is -2.42. The number of hydrogen-bond acceptors (Lipinski definition) is 3. The minimum absolute atomic E-state index is 0. The van der Waals surface area contributed by atoms with Crippen molar-refractivity contribution in [1.82, 2.24) is 15.5 Å². The number of aryl methyl sites for hydroxylation is 1. The fourth-order valence-corrected chi connectivity index (χ4v) is 2.05. The Balaban J connectivity index is 0.00000625. The number of amides is 1. The number of likely N-dealkylation sites (N-methyl/N-ethyl adjacent to an activating group) is 1. The fourth-order valence-electron chi connectivity index (χ4n) is 2.05. The van der Waals surface area contributed by atoms with Crippen molar-refractivity contribution >= 4 is 35.8 Å². The van der Waals surface area contributed by atoms with Gasteiger partial charge in [0.15, 0.2) is 5.96 Å². The Morgan fingerprint density at radius 1 is 1.31 bits per heavy atom. The Morgan fingerprint density at radius 3 is 2.65 bits per heavy atom. The maximum atomic E-state index is 11.7. The third kappa shape index (κ3) is 10.5. The molecule has 7 heteroatoms. The van der Waals surface area contributed by atoms with Gasteiger partial charge in [-0.3, -0.25) is 4.79 Å². The lowest BCUT2D eigenvalue weighted by atomic mass is 10.2. The molecule has 0 aromatic heterocycles. The van der Waals surface area contributed by atoms with Crippen molar-refractivity contribution in [3.8, 4) is 5.75 Å². The maximum Gasteiger partial charge on any atom is 0.243 e. The molecule has 0 aliphatic heterocycles. The summed E-state index contributed by atoms with van der Waals surface area (Å²) < 4.78 is 5.91. The largest absolute Gasteiger partial charge is 0.489 e. The summed E-state index contributed by atoms with van der Waals surface area (Å²) in [6, 6.07) is 7.99. The Morgan fingerprint density at radius 2 is 2.04 bits per heavy atom. The number of rotatable bonds is 9. The second kappa shape index (κ2) is 13.7. The summed E-state index contributed by atoms with van der Waals surface area (Å²) in [6.07, 6.45) is 2.13. The summed E-state index contributed by atoms with van der Waals surface area (Å²) in [5, 5.41) is 6.51. The smallest absolute Gasteiger partial charge is 0.243 e. The fraction of sp³-hybridized carbons (Fsp3) is 0.579. The van der Waals surface area contributed by atoms with Crippen LogP contribution in [-0.2, 0) is 4.79 Å². The molecular formula is C19H33IN4O2. The SMILES string of the molecule is CCCCNC(=NCC(=O)N(C)C)NCC(C)Oc1cccc(C)c1.I. The molecule has 1 aromatic carbocycles. The Kier molecular flexibility index (Phi) is 12.9. The molecular weight excluding hydrogens is 443 g/mol. The summed E-state index contributed by atoms with van der Waals surface area (Å²) in [7, 11) is 3.46. The molecule has 148 valence electrons. The molecule has 0 spiro atoms. The van der Waals surface area contributed by atoms with Crippen LogP contribution in [-0.4, -0.2) is 56.6 Å². The first kappa shape index (κ1) is 24.5. The minimum atomic E-state index is -0.0272. The standard InChI is InChI=1S/C19H32N4O2.HI/c1-6-7-11-20-19(22-14-18(24)23(4)5)21-13-16(3)25-17-10-8-9-15(2)12-17;/h8-10,12,16H,6-7,11,13-14H2,1-5H3,(H2,20,21,22);1H. The Bertz CT molecular complexity index is 564. The molecule has 1 unspecified atom stereocenters. The lowest BCUT2D eigenvalue weighted by Gasteiger charge is -2.18. The van der Waals surface area contributed by atoms with E-state index >= 15 is 0 Å². The van der Waals surface area contributed by atoms with E-state index in [2.05, 4.69) is 22.5 Å². The van der Waals surface area contributed by atoms with E-state index in [4.69, 9.17) is 4.74 Å². The van der Waals surface area contributed by atoms with Crippen LogP contribution in [0.25, 0.3) is 0 Å². The van der Waals surface area contributed by atoms with Crippen LogP contribution < -0.4 is 15.4 Å². The van der Waals surface area contributed by atoms with Crippen LogP contribution in [0.2, 0.25) is 0 Å². The molecule has 6 nitrogen and oxygen atoms in total. The van der Waals surface area contributed by atoms with Gasteiger partial charge in [-0.15, -0.1) is 24.0 Å². The topological polar surface area (TPSA) is 66.0 Å². The van der Waals surface area contributed by atoms with E-state index in [0.29, 0.717) is 12.5 Å². The molecule has 0 fully saturated rings. The lowest BCUT2D eigenvalue weighted by molar-refractivity contribution is -0.127. The minimum Gasteiger partial charge on any atom is -0.489 e. The van der Waals surface area contributed by atoms with E-state index in [1.165, 1.54) is 10.5 Å². The van der Waals surface area contributed by atoms with Gasteiger partial charge in [0.25, 0.3) is 0 Å². The highest BCUT2D eigenvalue weighted by atomic mass is 127. The molecule has 0 bridgehead atoms. The van der Waals surface area contributed by atoms with Crippen molar-refractivity contribution in [3.05, 3.63) is 29.8 Å². The molecule has 0 saturated heterocycles. The number of ether oxygens (including phenoxy) is 1. The first-order valence-electron chi connectivity index (χ1n) is 8.88. The van der Waals surface area contributed by atoms with Crippen LogP contribution in [0.15, 0.2) is 29.3 Å². The van der Waals surface area contributed by atoms with Gasteiger partial charge in [0.2, 0.25) is 5.91 Å². The van der Waals surface area contributed by atoms with Gasteiger partial charge >= 0.3 is 0 Å². The van der Waals surface area contributed by atoms with Gasteiger partial charge in [-0.25, -0.2) is 4.99 Å². The molecule has 0 aliphatic rings. The van der Waals surface area contributed by atoms with E-state index in [0.717, 1.165) is 25.1 Å². The maximum absolute atomic E-state index is 11.7. The monoisotopic (exact) mass is 476 g/mol. The van der Waals surface area contributed by atoms with Gasteiger partial charge in [-0.1, -0.05) is 25.5 Å². The number of nitrogens with one attached hydrogen (secondary N) is 2. The first-order chi connectivity index (χ1) is 11.9. The molecule has 0 heterocycles. The van der Waals surface area contributed by atoms with Gasteiger partial charge in [0.1, 0.15) is 18.4 Å². The average molecular weight is 476 g/mol. The second-order valence-corrected chi connectivity index (χ2v) is 6.36. The number of benzene rings is 1. The average Bonchev–Trinajstić information content (AvgIpc) is 2.56. The van der Waals surface area contributed by atoms with E-state index in [-0.39, 0.29) is 42.5 Å². The van der Waals surface area contributed by atoms with Crippen molar-refractivity contribution in [2.75, 3.05) is 33.7 Å². The predicted octanol–water partition coefficient (Wildman–Crippen LogP) is 2.80. The summed E-state index contributed by atoms with van der Waals surface area (Å²) in [4.78, 5) is 17.6. The number of unbranched alkanes of at least 4 members (excludes halogenated alkanes) is 1. The van der Waals surface area contributed by atoms with Crippen LogP contribution in [0.4, 0.5) is 0 Å². The second-order valence-electron chi connectivity index (χ2n) is 6.36. The third-order valence-corrected chi connectivity index (χ3v) is 3.58. The van der Waals surface area contributed by atoms with Crippen LogP contribution in [0.5, 0.6) is 5.75 Å². The summed E-state index contributed by atoms with van der Waals surface area (Å²) in [5.41, 5.74) is 1.17. The number of guanidine groups is 1. The molecule has 26 heavy (non-hydrogen) atoms. The van der Waals surface area contributed by atoms with Crippen molar-refractivity contribution < 1.29 is 9.53 Å². The highest BCUT2D eigenvalue weighted by Gasteiger charge is 2.08. The zero-order valence-electron chi connectivity index (χ0n) is 16.5. The van der Waals surface area contributed by atoms with E-state index in [1.54, 1.807) is 14.1 Å². The summed E-state index contributed by atoms with van der Waals surface area (Å²) in [5.74, 6) is 1.47. The van der Waals surface area contributed by atoms with Gasteiger partial charge in [0.05, 0.1) is 6.54 Å². The van der Waals surface area contributed by atoms with E-state index in [1.807, 2.05) is 38.1 Å². The molecule has 1 amide bonds. The molecule has 1 rings (SSSR count). The quantitative estimate of drug-likeness (QED) is 0.249. The van der Waals surface area contributed by atoms with Crippen molar-refractivity contribution in [3.63, 3.8) is 0 Å². The van der Waals surface area contributed by atoms with Crippen LogP contribution >= 0.6 is 24.0 Å². The zero-order valence-corrected chi connectivity index (χ0v) is 18.9. The molecule has 1 atom stereocenters. The molecule has 0 radical (unpaired) electrons. The molecule has 2 N–H and O–H groups in total. The number of aliphatic imine (C=N–C) groups is 1. The van der Waals surface area contributed by atoms with Crippen molar-refractivity contribution in [2.24, 2.45) is 4.99 Å². The van der Waals surface area contributed by atoms with Crippen LogP contribution in [0.3, 0.4) is 0 Å². The van der Waals surface area contributed by atoms with Gasteiger partial charge in [-0.05, 0) is 38.0 Å². The Hall–Kier alpha value is -1.51. The normalized spacial score (nSPS) is 12.0. The molecule has 1 aromatic rings. The van der Waals surface area contributed by atoms with Gasteiger partial charge < -0.3 is 20.3 Å². The number of carbonyl (C=O) groups excluding carboxylic acids is 1. The predicted molar refractivity (Wildman–Crippen MR) is 119 cm³/mol.